The molecule has 17 heavy (non-hydrogen) atoms. The molecule has 1 aliphatic heterocycles. The molecule has 0 bridgehead atoms. The zero-order valence-corrected chi connectivity index (χ0v) is 10.8. The van der Waals surface area contributed by atoms with E-state index in [0.29, 0.717) is 19.8 Å². The van der Waals surface area contributed by atoms with Gasteiger partial charge in [-0.15, -0.1) is 0 Å². The van der Waals surface area contributed by atoms with Crippen LogP contribution in [0.2, 0.25) is 0 Å². The Morgan fingerprint density at radius 1 is 1.24 bits per heavy atom. The van der Waals surface area contributed by atoms with Crippen molar-refractivity contribution in [3.8, 4) is 5.75 Å². The smallest absolute Gasteiger partial charge is 0.198 e. The Balaban J connectivity index is 2.43. The summed E-state index contributed by atoms with van der Waals surface area (Å²) in [6.45, 7) is 8.07. The summed E-state index contributed by atoms with van der Waals surface area (Å²) in [6, 6.07) is 6.14. The van der Waals surface area contributed by atoms with Crippen LogP contribution in [-0.4, -0.2) is 19.8 Å². The molecular weight excluding hydrogens is 216 g/mol. The summed E-state index contributed by atoms with van der Waals surface area (Å²) >= 11 is 0. The van der Waals surface area contributed by atoms with Gasteiger partial charge in [0.1, 0.15) is 5.75 Å². The van der Waals surface area contributed by atoms with Crippen molar-refractivity contribution in [2.24, 2.45) is 0 Å². The molecule has 0 aliphatic carbocycles. The molecule has 0 aromatic heterocycles. The van der Waals surface area contributed by atoms with Gasteiger partial charge in [0.15, 0.2) is 5.79 Å². The van der Waals surface area contributed by atoms with Crippen LogP contribution in [0, 0.1) is 6.92 Å². The Hall–Kier alpha value is -1.06. The molecule has 0 atom stereocenters. The van der Waals surface area contributed by atoms with Gasteiger partial charge < -0.3 is 14.2 Å². The molecule has 1 saturated heterocycles. The van der Waals surface area contributed by atoms with Gasteiger partial charge in [-0.2, -0.15) is 0 Å². The van der Waals surface area contributed by atoms with Gasteiger partial charge in [0.05, 0.1) is 25.4 Å². The maximum absolute atomic E-state index is 5.82. The van der Waals surface area contributed by atoms with Crippen LogP contribution in [0.3, 0.4) is 0 Å². The summed E-state index contributed by atoms with van der Waals surface area (Å²) in [5, 5.41) is 0. The second-order valence-electron chi connectivity index (χ2n) is 4.24. The van der Waals surface area contributed by atoms with E-state index in [0.717, 1.165) is 17.7 Å². The minimum Gasteiger partial charge on any atom is -0.493 e. The quantitative estimate of drug-likeness (QED) is 0.804. The van der Waals surface area contributed by atoms with Crippen molar-refractivity contribution in [2.75, 3.05) is 19.8 Å². The van der Waals surface area contributed by atoms with Crippen LogP contribution in [0.15, 0.2) is 18.2 Å². The van der Waals surface area contributed by atoms with E-state index >= 15 is 0 Å². The fraction of sp³-hybridized carbons (Fsp3) is 0.571. The molecule has 3 nitrogen and oxygen atoms in total. The number of aryl methyl sites for hydroxylation is 1. The predicted molar refractivity (Wildman–Crippen MR) is 66.2 cm³/mol. The summed E-state index contributed by atoms with van der Waals surface area (Å²) in [4.78, 5) is 0. The van der Waals surface area contributed by atoms with Gasteiger partial charge >= 0.3 is 0 Å². The Kier molecular flexibility index (Phi) is 3.69. The average Bonchev–Trinajstić information content (AvgIpc) is 2.81. The van der Waals surface area contributed by atoms with Crippen molar-refractivity contribution in [3.63, 3.8) is 0 Å². The average molecular weight is 236 g/mol. The van der Waals surface area contributed by atoms with Gasteiger partial charge in [0.2, 0.25) is 0 Å². The first-order valence-electron chi connectivity index (χ1n) is 6.23. The highest BCUT2D eigenvalue weighted by molar-refractivity contribution is 5.40. The molecule has 1 aromatic carbocycles. The lowest BCUT2D eigenvalue weighted by Gasteiger charge is -2.28. The van der Waals surface area contributed by atoms with Crippen LogP contribution in [0.5, 0.6) is 5.75 Å². The second kappa shape index (κ2) is 5.07. The molecule has 1 aliphatic rings. The molecule has 0 N–H and O–H groups in total. The molecule has 1 fully saturated rings. The van der Waals surface area contributed by atoms with E-state index < -0.39 is 5.79 Å². The Bertz CT molecular complexity index is 381. The highest BCUT2D eigenvalue weighted by atomic mass is 16.7. The highest BCUT2D eigenvalue weighted by Gasteiger charge is 2.39. The number of hydrogen-bond acceptors (Lipinski definition) is 3. The number of rotatable bonds is 4. The van der Waals surface area contributed by atoms with Crippen molar-refractivity contribution in [3.05, 3.63) is 29.3 Å². The summed E-state index contributed by atoms with van der Waals surface area (Å²) < 4.78 is 17.3. The molecule has 0 unspecified atom stereocenters. The third-order valence-electron chi connectivity index (χ3n) is 3.06. The molecule has 0 saturated carbocycles. The fourth-order valence-corrected chi connectivity index (χ4v) is 2.23. The zero-order chi connectivity index (χ0) is 12.3. The molecule has 94 valence electrons. The van der Waals surface area contributed by atoms with Crippen molar-refractivity contribution in [1.29, 1.82) is 0 Å². The van der Waals surface area contributed by atoms with Crippen LogP contribution >= 0.6 is 0 Å². The lowest BCUT2D eigenvalue weighted by Crippen LogP contribution is -2.27. The van der Waals surface area contributed by atoms with Gasteiger partial charge in [-0.3, -0.25) is 0 Å². The highest BCUT2D eigenvalue weighted by Crippen LogP contribution is 2.40. The maximum Gasteiger partial charge on any atom is 0.198 e. The standard InChI is InChI=1S/C14H20O3/c1-4-14(16-8-9-17-14)12-10-11(3)6-7-13(12)15-5-2/h6-7,10H,4-5,8-9H2,1-3H3. The van der Waals surface area contributed by atoms with Crippen molar-refractivity contribution in [1.82, 2.24) is 0 Å². The lowest BCUT2D eigenvalue weighted by molar-refractivity contribution is -0.168. The topological polar surface area (TPSA) is 27.7 Å². The fourth-order valence-electron chi connectivity index (χ4n) is 2.23. The van der Waals surface area contributed by atoms with E-state index in [2.05, 4.69) is 19.9 Å². The second-order valence-corrected chi connectivity index (χ2v) is 4.24. The van der Waals surface area contributed by atoms with E-state index in [1.165, 1.54) is 5.56 Å². The largest absolute Gasteiger partial charge is 0.493 e. The monoisotopic (exact) mass is 236 g/mol. The third kappa shape index (κ3) is 2.31. The Labute approximate surface area is 103 Å². The molecular formula is C14H20O3. The van der Waals surface area contributed by atoms with E-state index in [1.54, 1.807) is 0 Å². The first-order valence-corrected chi connectivity index (χ1v) is 6.23. The minimum atomic E-state index is -0.615. The van der Waals surface area contributed by atoms with Crippen LogP contribution in [-0.2, 0) is 15.3 Å². The first kappa shape index (κ1) is 12.4. The maximum atomic E-state index is 5.82. The number of hydrogen-bond donors (Lipinski definition) is 0. The minimum absolute atomic E-state index is 0.615. The van der Waals surface area contributed by atoms with Crippen molar-refractivity contribution in [2.45, 2.75) is 33.0 Å². The van der Waals surface area contributed by atoms with Crippen molar-refractivity contribution < 1.29 is 14.2 Å². The van der Waals surface area contributed by atoms with Gasteiger partial charge in [-0.1, -0.05) is 18.6 Å². The Morgan fingerprint density at radius 3 is 2.53 bits per heavy atom. The molecule has 1 heterocycles. The predicted octanol–water partition coefficient (Wildman–Crippen LogP) is 3.00. The van der Waals surface area contributed by atoms with E-state index in [-0.39, 0.29) is 0 Å². The van der Waals surface area contributed by atoms with Crippen molar-refractivity contribution >= 4 is 0 Å². The van der Waals surface area contributed by atoms with E-state index in [4.69, 9.17) is 14.2 Å². The van der Waals surface area contributed by atoms with Gasteiger partial charge in [-0.05, 0) is 26.0 Å². The van der Waals surface area contributed by atoms with Crippen LogP contribution in [0.1, 0.15) is 31.4 Å². The van der Waals surface area contributed by atoms with E-state index in [1.807, 2.05) is 19.1 Å². The zero-order valence-electron chi connectivity index (χ0n) is 10.8. The number of benzene rings is 1. The van der Waals surface area contributed by atoms with Crippen LogP contribution in [0.4, 0.5) is 0 Å². The summed E-state index contributed by atoms with van der Waals surface area (Å²) in [7, 11) is 0. The molecule has 0 spiro atoms. The number of ether oxygens (including phenoxy) is 3. The normalized spacial score (nSPS) is 18.3. The summed E-state index contributed by atoms with van der Waals surface area (Å²) in [5.41, 5.74) is 2.20. The lowest BCUT2D eigenvalue weighted by atomic mass is 10.00. The molecule has 2 rings (SSSR count). The van der Waals surface area contributed by atoms with Crippen LogP contribution < -0.4 is 4.74 Å². The van der Waals surface area contributed by atoms with E-state index in [9.17, 15) is 0 Å². The molecule has 0 radical (unpaired) electrons. The molecule has 1 aromatic rings. The summed E-state index contributed by atoms with van der Waals surface area (Å²) in [6.07, 6.45) is 0.788. The van der Waals surface area contributed by atoms with Gasteiger partial charge in [0, 0.05) is 6.42 Å². The van der Waals surface area contributed by atoms with Gasteiger partial charge in [0.25, 0.3) is 0 Å². The first-order chi connectivity index (χ1) is 8.22. The Morgan fingerprint density at radius 2 is 1.94 bits per heavy atom. The third-order valence-corrected chi connectivity index (χ3v) is 3.06. The SMILES string of the molecule is CCOc1ccc(C)cc1C1(CC)OCCO1. The molecule has 3 heteroatoms. The van der Waals surface area contributed by atoms with Crippen LogP contribution in [0.25, 0.3) is 0 Å². The molecule has 0 amide bonds. The summed E-state index contributed by atoms with van der Waals surface area (Å²) in [5.74, 6) is 0.248. The van der Waals surface area contributed by atoms with Gasteiger partial charge in [-0.25, -0.2) is 0 Å².